The van der Waals surface area contributed by atoms with Gasteiger partial charge in [0.05, 0.1) is 0 Å². The Morgan fingerprint density at radius 1 is 1.10 bits per heavy atom. The van der Waals surface area contributed by atoms with Gasteiger partial charge in [-0.15, -0.1) is 12.6 Å². The van der Waals surface area contributed by atoms with Gasteiger partial charge in [-0.2, -0.15) is 0 Å². The number of hydrogen-bond acceptors (Lipinski definition) is 2. The molecule has 0 N–H and O–H groups in total. The second-order valence-corrected chi connectivity index (χ2v) is 9.61. The molecule has 0 saturated carbocycles. The zero-order valence-corrected chi connectivity index (χ0v) is 20.4. The summed E-state index contributed by atoms with van der Waals surface area (Å²) in [5, 5.41) is 2.53. The molecule has 0 heterocycles. The molecule has 0 atom stereocenters. The molecule has 1 aliphatic rings. The van der Waals surface area contributed by atoms with E-state index in [0.717, 1.165) is 17.7 Å². The highest BCUT2D eigenvalue weighted by atomic mass is 32.1. The van der Waals surface area contributed by atoms with E-state index in [2.05, 4.69) is 95.8 Å². The van der Waals surface area contributed by atoms with Gasteiger partial charge in [0.25, 0.3) is 0 Å². The van der Waals surface area contributed by atoms with E-state index in [4.69, 9.17) is 0 Å². The van der Waals surface area contributed by atoms with E-state index < -0.39 is 0 Å². The highest BCUT2D eigenvalue weighted by Crippen LogP contribution is 2.39. The molecular weight excluding hydrogens is 396 g/mol. The monoisotopic (exact) mass is 428 g/mol. The Hall–Kier alpha value is -2.54. The van der Waals surface area contributed by atoms with Crippen molar-refractivity contribution in [3.05, 3.63) is 93.6 Å². The third-order valence-electron chi connectivity index (χ3n) is 6.68. The molecule has 31 heavy (non-hydrogen) atoms. The van der Waals surface area contributed by atoms with E-state index >= 15 is 0 Å². The van der Waals surface area contributed by atoms with Gasteiger partial charge in [0.2, 0.25) is 0 Å². The van der Waals surface area contributed by atoms with Crippen LogP contribution >= 0.6 is 12.6 Å². The van der Waals surface area contributed by atoms with E-state index in [1.807, 2.05) is 12.0 Å². The molecule has 0 radical (unpaired) electrons. The van der Waals surface area contributed by atoms with Crippen LogP contribution in [0, 0.1) is 6.92 Å². The summed E-state index contributed by atoms with van der Waals surface area (Å²) in [4.78, 5) is 11.7. The molecule has 0 bridgehead atoms. The van der Waals surface area contributed by atoms with Gasteiger partial charge in [-0.3, -0.25) is 0 Å². The van der Waals surface area contributed by atoms with Crippen LogP contribution in [-0.2, 0) is 10.2 Å². The number of fused-ring (bicyclic) bond motifs is 1. The van der Waals surface area contributed by atoms with E-state index in [1.54, 1.807) is 6.92 Å². The van der Waals surface area contributed by atoms with Gasteiger partial charge in [-0.25, -0.2) is 4.79 Å². The molecule has 160 valence electrons. The average molecular weight is 429 g/mol. The molecule has 1 nitrogen and oxygen atoms in total. The number of aryl methyl sites for hydroxylation is 1. The van der Waals surface area contributed by atoms with Crippen molar-refractivity contribution < 1.29 is 4.79 Å². The van der Waals surface area contributed by atoms with Gasteiger partial charge in [0.1, 0.15) is 5.94 Å². The van der Waals surface area contributed by atoms with Crippen LogP contribution < -0.4 is 0 Å². The van der Waals surface area contributed by atoms with Crippen LogP contribution in [0.25, 0.3) is 10.8 Å². The number of allylic oxidation sites excluding steroid dienone is 9. The highest BCUT2D eigenvalue weighted by molar-refractivity contribution is 7.80. The van der Waals surface area contributed by atoms with E-state index in [-0.39, 0.29) is 5.41 Å². The lowest BCUT2D eigenvalue weighted by Gasteiger charge is -2.30. The van der Waals surface area contributed by atoms with Crippen molar-refractivity contribution in [1.82, 2.24) is 0 Å². The third-order valence-corrected chi connectivity index (χ3v) is 6.96. The Morgan fingerprint density at radius 3 is 2.55 bits per heavy atom. The third kappa shape index (κ3) is 4.87. The first-order chi connectivity index (χ1) is 14.6. The Balaban J connectivity index is 1.98. The maximum Gasteiger partial charge on any atom is 0.127 e. The van der Waals surface area contributed by atoms with Gasteiger partial charge >= 0.3 is 0 Å². The summed E-state index contributed by atoms with van der Waals surface area (Å²) in [6.45, 7) is 13.0. The summed E-state index contributed by atoms with van der Waals surface area (Å²) in [7, 11) is 0. The van der Waals surface area contributed by atoms with E-state index in [1.165, 1.54) is 44.2 Å². The number of carbonyl (C=O) groups excluding carboxylic acids is 1. The van der Waals surface area contributed by atoms with Gasteiger partial charge in [-0.1, -0.05) is 55.8 Å². The van der Waals surface area contributed by atoms with Crippen LogP contribution in [-0.4, -0.2) is 5.94 Å². The molecule has 0 unspecified atom stereocenters. The molecule has 0 amide bonds. The largest absolute Gasteiger partial charge is 0.233 e. The van der Waals surface area contributed by atoms with Crippen LogP contribution in [0.15, 0.2) is 87.4 Å². The minimum atomic E-state index is -0.0937. The quantitative estimate of drug-likeness (QED) is 0.290. The Kier molecular flexibility index (Phi) is 6.94. The molecule has 0 spiro atoms. The Labute approximate surface area is 192 Å². The van der Waals surface area contributed by atoms with Gasteiger partial charge < -0.3 is 0 Å². The van der Waals surface area contributed by atoms with Crippen molar-refractivity contribution in [1.29, 1.82) is 0 Å². The fraction of sp³-hybridized carbons (Fsp3) is 0.310. The molecule has 2 heteroatoms. The number of hydrogen-bond donors (Lipinski definition) is 1. The van der Waals surface area contributed by atoms with Crippen molar-refractivity contribution in [3.8, 4) is 0 Å². The van der Waals surface area contributed by atoms with Crippen molar-refractivity contribution in [2.24, 2.45) is 0 Å². The SMILES string of the molecule is CC(=C=O)/C=C\C1=C(C)C(=C/C=C(\C)C(C)(C)c2c(C)ccc3cc(S)ccc23)/CC1. The van der Waals surface area contributed by atoms with Crippen LogP contribution in [0.1, 0.15) is 58.6 Å². The van der Waals surface area contributed by atoms with Gasteiger partial charge in [0.15, 0.2) is 0 Å². The lowest BCUT2D eigenvalue weighted by Crippen LogP contribution is -2.20. The summed E-state index contributed by atoms with van der Waals surface area (Å²) in [5.41, 5.74) is 8.56. The maximum absolute atomic E-state index is 10.7. The fourth-order valence-corrected chi connectivity index (χ4v) is 4.63. The molecule has 0 saturated heterocycles. The first-order valence-corrected chi connectivity index (χ1v) is 11.3. The van der Waals surface area contributed by atoms with Crippen LogP contribution in [0.3, 0.4) is 0 Å². The second kappa shape index (κ2) is 9.30. The summed E-state index contributed by atoms with van der Waals surface area (Å²) in [5.74, 6) is 1.94. The molecule has 2 aromatic rings. The second-order valence-electron chi connectivity index (χ2n) is 9.10. The number of rotatable bonds is 5. The Morgan fingerprint density at radius 2 is 1.84 bits per heavy atom. The predicted octanol–water partition coefficient (Wildman–Crippen LogP) is 8.03. The maximum atomic E-state index is 10.7. The van der Waals surface area contributed by atoms with Gasteiger partial charge in [-0.05, 0) is 97.4 Å². The normalized spacial score (nSPS) is 16.6. The zero-order chi connectivity index (χ0) is 22.8. The van der Waals surface area contributed by atoms with Gasteiger partial charge in [0, 0.05) is 15.9 Å². The topological polar surface area (TPSA) is 17.1 Å². The first-order valence-electron chi connectivity index (χ1n) is 10.9. The number of thiol groups is 1. The average Bonchev–Trinajstić information content (AvgIpc) is 3.09. The standard InChI is InChI=1S/C29H32OS/c1-19(18-30)7-10-23-13-14-24(22(23)4)12-9-21(3)29(5,6)28-20(2)8-11-25-17-26(31)15-16-27(25)28/h7-12,15-17,31H,13-14H2,1-6H3/b10-7-,21-9+,24-12+. The predicted molar refractivity (Wildman–Crippen MR) is 137 cm³/mol. The first kappa shape index (κ1) is 23.1. The summed E-state index contributed by atoms with van der Waals surface area (Å²) in [6.07, 6.45) is 10.5. The molecule has 3 rings (SSSR count). The van der Waals surface area contributed by atoms with Crippen molar-refractivity contribution in [3.63, 3.8) is 0 Å². The molecular formula is C29H32OS. The molecule has 2 aromatic carbocycles. The van der Waals surface area contributed by atoms with Crippen LogP contribution in [0.5, 0.6) is 0 Å². The van der Waals surface area contributed by atoms with Crippen molar-refractivity contribution >= 4 is 29.3 Å². The summed E-state index contributed by atoms with van der Waals surface area (Å²) >= 11 is 4.52. The fourth-order valence-electron chi connectivity index (χ4n) is 4.41. The van der Waals surface area contributed by atoms with E-state index in [9.17, 15) is 4.79 Å². The summed E-state index contributed by atoms with van der Waals surface area (Å²) < 4.78 is 0. The van der Waals surface area contributed by atoms with Crippen molar-refractivity contribution in [2.45, 2.75) is 64.7 Å². The lowest BCUT2D eigenvalue weighted by molar-refractivity contribution is 0.567. The Bertz CT molecular complexity index is 1190. The zero-order valence-electron chi connectivity index (χ0n) is 19.5. The molecule has 0 aliphatic heterocycles. The minimum Gasteiger partial charge on any atom is -0.233 e. The molecule has 1 aliphatic carbocycles. The van der Waals surface area contributed by atoms with E-state index in [0.29, 0.717) is 5.57 Å². The number of benzene rings is 2. The highest BCUT2D eigenvalue weighted by Gasteiger charge is 2.26. The lowest BCUT2D eigenvalue weighted by atomic mass is 9.74. The molecule has 0 aromatic heterocycles. The summed E-state index contributed by atoms with van der Waals surface area (Å²) in [6, 6.07) is 10.8. The minimum absolute atomic E-state index is 0.0937. The van der Waals surface area contributed by atoms with Crippen molar-refractivity contribution in [2.75, 3.05) is 0 Å². The smallest absolute Gasteiger partial charge is 0.127 e. The van der Waals surface area contributed by atoms with Crippen LogP contribution in [0.2, 0.25) is 0 Å². The molecule has 0 fully saturated rings. The van der Waals surface area contributed by atoms with Crippen LogP contribution in [0.4, 0.5) is 0 Å².